The standard InChI is InChI=1S/C18H15BrClN3O3/c1-22-15(11-26-18(25)21-13-7-5-6-12(20)10-13)16(19)17(24)23(22)14-8-3-2-4-9-14/h2-10H,11H2,1H3,(H,21,25). The highest BCUT2D eigenvalue weighted by atomic mass is 79.9. The Labute approximate surface area is 163 Å². The molecule has 26 heavy (non-hydrogen) atoms. The highest BCUT2D eigenvalue weighted by Gasteiger charge is 2.18. The van der Waals surface area contributed by atoms with Crippen molar-refractivity contribution in [2.75, 3.05) is 5.32 Å². The molecule has 134 valence electrons. The first-order valence-corrected chi connectivity index (χ1v) is 8.85. The van der Waals surface area contributed by atoms with Crippen molar-refractivity contribution in [2.45, 2.75) is 6.61 Å². The van der Waals surface area contributed by atoms with Gasteiger partial charge in [-0.3, -0.25) is 14.8 Å². The first kappa shape index (κ1) is 18.3. The number of ether oxygens (including phenoxy) is 1. The summed E-state index contributed by atoms with van der Waals surface area (Å²) < 4.78 is 8.73. The second-order valence-corrected chi connectivity index (χ2v) is 6.68. The van der Waals surface area contributed by atoms with Crippen LogP contribution in [-0.2, 0) is 18.4 Å². The molecule has 0 aliphatic carbocycles. The summed E-state index contributed by atoms with van der Waals surface area (Å²) >= 11 is 9.17. The molecule has 1 aromatic heterocycles. The number of para-hydroxylation sites is 1. The van der Waals surface area contributed by atoms with Gasteiger partial charge in [0.1, 0.15) is 11.1 Å². The van der Waals surface area contributed by atoms with Crippen LogP contribution in [0.2, 0.25) is 5.02 Å². The molecule has 0 atom stereocenters. The van der Waals surface area contributed by atoms with Gasteiger partial charge in [0.2, 0.25) is 0 Å². The molecule has 3 aromatic rings. The minimum atomic E-state index is -0.640. The number of anilines is 1. The molecule has 1 heterocycles. The van der Waals surface area contributed by atoms with Crippen molar-refractivity contribution in [1.82, 2.24) is 9.36 Å². The quantitative estimate of drug-likeness (QED) is 0.661. The zero-order valence-electron chi connectivity index (χ0n) is 13.8. The van der Waals surface area contributed by atoms with Gasteiger partial charge in [0.05, 0.1) is 11.4 Å². The van der Waals surface area contributed by atoms with E-state index in [1.165, 1.54) is 4.68 Å². The third-order valence-electron chi connectivity index (χ3n) is 3.74. The molecular formula is C18H15BrClN3O3. The molecule has 0 saturated heterocycles. The highest BCUT2D eigenvalue weighted by molar-refractivity contribution is 9.10. The predicted octanol–water partition coefficient (Wildman–Crippen LogP) is 4.34. The van der Waals surface area contributed by atoms with Crippen LogP contribution in [0.25, 0.3) is 5.69 Å². The third kappa shape index (κ3) is 3.84. The van der Waals surface area contributed by atoms with E-state index in [0.717, 1.165) is 5.69 Å². The fraction of sp³-hybridized carbons (Fsp3) is 0.111. The summed E-state index contributed by atoms with van der Waals surface area (Å²) in [6, 6.07) is 15.9. The molecule has 0 bridgehead atoms. The minimum absolute atomic E-state index is 0.0709. The molecule has 0 aliphatic rings. The summed E-state index contributed by atoms with van der Waals surface area (Å²) in [6.07, 6.45) is -0.640. The molecule has 0 fully saturated rings. The Morgan fingerprint density at radius 3 is 2.62 bits per heavy atom. The van der Waals surface area contributed by atoms with Crippen molar-refractivity contribution < 1.29 is 9.53 Å². The van der Waals surface area contributed by atoms with Crippen LogP contribution in [0.1, 0.15) is 5.69 Å². The molecule has 0 aliphatic heterocycles. The molecule has 2 aromatic carbocycles. The van der Waals surface area contributed by atoms with Crippen molar-refractivity contribution in [3.63, 3.8) is 0 Å². The smallest absolute Gasteiger partial charge is 0.412 e. The van der Waals surface area contributed by atoms with Gasteiger partial charge in [0, 0.05) is 17.8 Å². The van der Waals surface area contributed by atoms with Gasteiger partial charge in [-0.25, -0.2) is 9.48 Å². The van der Waals surface area contributed by atoms with Gasteiger partial charge in [0.15, 0.2) is 0 Å². The number of aromatic nitrogens is 2. The van der Waals surface area contributed by atoms with Crippen LogP contribution < -0.4 is 10.9 Å². The zero-order valence-corrected chi connectivity index (χ0v) is 16.1. The van der Waals surface area contributed by atoms with E-state index >= 15 is 0 Å². The fourth-order valence-electron chi connectivity index (χ4n) is 2.49. The van der Waals surface area contributed by atoms with Crippen LogP contribution in [0, 0.1) is 0 Å². The van der Waals surface area contributed by atoms with E-state index in [1.54, 1.807) is 36.0 Å². The Balaban J connectivity index is 1.76. The fourth-order valence-corrected chi connectivity index (χ4v) is 3.22. The van der Waals surface area contributed by atoms with E-state index in [-0.39, 0.29) is 12.2 Å². The molecule has 8 heteroatoms. The Morgan fingerprint density at radius 1 is 1.19 bits per heavy atom. The first-order valence-electron chi connectivity index (χ1n) is 7.68. The van der Waals surface area contributed by atoms with Crippen molar-refractivity contribution >= 4 is 39.3 Å². The van der Waals surface area contributed by atoms with E-state index in [9.17, 15) is 9.59 Å². The molecule has 1 amide bonds. The number of benzene rings is 2. The Hall–Kier alpha value is -2.51. The summed E-state index contributed by atoms with van der Waals surface area (Å²) in [5.74, 6) is 0. The number of carbonyl (C=O) groups excluding carboxylic acids is 1. The average Bonchev–Trinajstić information content (AvgIpc) is 2.83. The van der Waals surface area contributed by atoms with Crippen LogP contribution in [0.3, 0.4) is 0 Å². The van der Waals surface area contributed by atoms with E-state index in [4.69, 9.17) is 16.3 Å². The van der Waals surface area contributed by atoms with Crippen LogP contribution in [-0.4, -0.2) is 15.5 Å². The normalized spacial score (nSPS) is 10.6. The van der Waals surface area contributed by atoms with Crippen molar-refractivity contribution in [3.8, 4) is 5.69 Å². The van der Waals surface area contributed by atoms with Crippen LogP contribution in [0.5, 0.6) is 0 Å². The Kier molecular flexibility index (Phi) is 5.49. The topological polar surface area (TPSA) is 65.3 Å². The van der Waals surface area contributed by atoms with E-state index in [1.807, 2.05) is 30.3 Å². The Bertz CT molecular complexity index is 999. The summed E-state index contributed by atoms with van der Waals surface area (Å²) in [6.45, 7) is -0.0709. The van der Waals surface area contributed by atoms with Gasteiger partial charge in [-0.2, -0.15) is 0 Å². The van der Waals surface area contributed by atoms with Gasteiger partial charge < -0.3 is 4.74 Å². The maximum Gasteiger partial charge on any atom is 0.412 e. The zero-order chi connectivity index (χ0) is 18.7. The van der Waals surface area contributed by atoms with E-state index in [0.29, 0.717) is 20.9 Å². The molecule has 0 saturated carbocycles. The number of nitrogens with one attached hydrogen (secondary N) is 1. The summed E-state index contributed by atoms with van der Waals surface area (Å²) in [4.78, 5) is 24.5. The largest absolute Gasteiger partial charge is 0.443 e. The van der Waals surface area contributed by atoms with Crippen LogP contribution in [0.15, 0.2) is 63.9 Å². The molecule has 0 radical (unpaired) electrons. The summed E-state index contributed by atoms with van der Waals surface area (Å²) in [7, 11) is 1.73. The van der Waals surface area contributed by atoms with Gasteiger partial charge >= 0.3 is 6.09 Å². The number of halogens is 2. The van der Waals surface area contributed by atoms with Crippen molar-refractivity contribution in [3.05, 3.63) is 80.1 Å². The van der Waals surface area contributed by atoms with Crippen molar-refractivity contribution in [2.24, 2.45) is 7.05 Å². The van der Waals surface area contributed by atoms with Crippen molar-refractivity contribution in [1.29, 1.82) is 0 Å². The molecule has 1 N–H and O–H groups in total. The lowest BCUT2D eigenvalue weighted by Gasteiger charge is -2.11. The highest BCUT2D eigenvalue weighted by Crippen LogP contribution is 2.18. The van der Waals surface area contributed by atoms with Gasteiger partial charge in [-0.1, -0.05) is 35.9 Å². The third-order valence-corrected chi connectivity index (χ3v) is 4.77. The minimum Gasteiger partial charge on any atom is -0.443 e. The average molecular weight is 437 g/mol. The molecule has 0 spiro atoms. The first-order chi connectivity index (χ1) is 12.5. The monoisotopic (exact) mass is 435 g/mol. The van der Waals surface area contributed by atoms with Gasteiger partial charge in [-0.15, -0.1) is 0 Å². The second kappa shape index (κ2) is 7.80. The Morgan fingerprint density at radius 2 is 1.92 bits per heavy atom. The maximum atomic E-state index is 12.5. The van der Waals surface area contributed by atoms with E-state index < -0.39 is 6.09 Å². The van der Waals surface area contributed by atoms with Crippen LogP contribution >= 0.6 is 27.5 Å². The molecule has 3 rings (SSSR count). The lowest BCUT2D eigenvalue weighted by molar-refractivity contribution is 0.151. The molecule has 6 nitrogen and oxygen atoms in total. The lowest BCUT2D eigenvalue weighted by Crippen LogP contribution is -2.20. The summed E-state index contributed by atoms with van der Waals surface area (Å²) in [5, 5.41) is 3.10. The number of hydrogen-bond acceptors (Lipinski definition) is 3. The van der Waals surface area contributed by atoms with Gasteiger partial charge in [0.25, 0.3) is 5.56 Å². The van der Waals surface area contributed by atoms with E-state index in [2.05, 4.69) is 21.2 Å². The number of nitrogens with zero attached hydrogens (tertiary/aromatic N) is 2. The molecular weight excluding hydrogens is 422 g/mol. The summed E-state index contributed by atoms with van der Waals surface area (Å²) in [5.41, 5.74) is 1.56. The van der Waals surface area contributed by atoms with Crippen LogP contribution in [0.4, 0.5) is 10.5 Å². The molecule has 0 unspecified atom stereocenters. The predicted molar refractivity (Wildman–Crippen MR) is 104 cm³/mol. The number of carbonyl (C=O) groups is 1. The SMILES string of the molecule is Cn1c(COC(=O)Nc2cccc(Cl)c2)c(Br)c(=O)n1-c1ccccc1. The number of rotatable bonds is 4. The number of amides is 1. The second-order valence-electron chi connectivity index (χ2n) is 5.45. The lowest BCUT2D eigenvalue weighted by atomic mass is 10.3. The van der Waals surface area contributed by atoms with Gasteiger partial charge in [-0.05, 0) is 46.3 Å². The number of hydrogen-bond donors (Lipinski definition) is 1. The maximum absolute atomic E-state index is 12.5.